The van der Waals surface area contributed by atoms with Crippen LogP contribution in [0.1, 0.15) is 86.6 Å². The fourth-order valence-corrected chi connectivity index (χ4v) is 5.27. The van der Waals surface area contributed by atoms with Crippen LogP contribution in [-0.4, -0.2) is 20.9 Å². The van der Waals surface area contributed by atoms with E-state index in [1.807, 2.05) is 53.7 Å². The van der Waals surface area contributed by atoms with E-state index in [2.05, 4.69) is 60.2 Å². The summed E-state index contributed by atoms with van der Waals surface area (Å²) in [6.07, 6.45) is 7.39. The van der Waals surface area contributed by atoms with Crippen LogP contribution in [0.2, 0.25) is 0 Å². The van der Waals surface area contributed by atoms with Gasteiger partial charge in [-0.05, 0) is 55.7 Å². The predicted octanol–water partition coefficient (Wildman–Crippen LogP) is 10.2. The molecule has 5 rings (SSSR count). The molecule has 5 nitrogen and oxygen atoms in total. The number of nitrogens with zero attached hydrogens (tertiary/aromatic N) is 2. The number of carbonyl (C=O) groups excluding carboxylic acids is 1. The van der Waals surface area contributed by atoms with E-state index >= 15 is 0 Å². The molecule has 0 atom stereocenters. The summed E-state index contributed by atoms with van der Waals surface area (Å²) in [7, 11) is 0. The second-order valence-electron chi connectivity index (χ2n) is 12.4. The average molecular weight is 758 g/mol. The zero-order valence-electron chi connectivity index (χ0n) is 26.8. The third-order valence-corrected chi connectivity index (χ3v) is 9.22. The van der Waals surface area contributed by atoms with Crippen molar-refractivity contribution in [3.05, 3.63) is 72.3 Å². The van der Waals surface area contributed by atoms with Gasteiger partial charge in [0.25, 0.3) is 0 Å². The minimum atomic E-state index is -0.337. The standard InChI is InChI=1S/C22H17N2O.C15H28O2.Ir/c1-13(2)7-14-8-18-21-20(9-14)25-19-11-16-6-4-3-5-15(16)10-17(19)22(21)24-12-23-18;1-7-14(5,8-2)12(16)11-13(17)15(6,9-3)10-4;/h3-6,8-9,11-13H,7H2,1-2H3;11,16H,7-10H2,1-6H3;/q-1;;/b;12-11-;. The fraction of sp³-hybridized carbons (Fsp3) is 0.432. The van der Waals surface area contributed by atoms with Crippen molar-refractivity contribution in [1.29, 1.82) is 0 Å². The van der Waals surface area contributed by atoms with E-state index in [1.165, 1.54) is 11.6 Å². The van der Waals surface area contributed by atoms with Gasteiger partial charge in [-0.1, -0.05) is 90.6 Å². The topological polar surface area (TPSA) is 72.3 Å². The van der Waals surface area contributed by atoms with E-state index in [4.69, 9.17) is 4.74 Å². The molecule has 1 radical (unpaired) electrons. The molecule has 0 aliphatic carbocycles. The molecule has 6 heteroatoms. The van der Waals surface area contributed by atoms with Crippen molar-refractivity contribution in [3.63, 3.8) is 0 Å². The van der Waals surface area contributed by atoms with Crippen molar-refractivity contribution in [1.82, 2.24) is 9.97 Å². The second-order valence-corrected chi connectivity index (χ2v) is 12.4. The number of hydrogen-bond donors (Lipinski definition) is 1. The Balaban J connectivity index is 0.000000250. The first-order valence-corrected chi connectivity index (χ1v) is 15.3. The fourth-order valence-electron chi connectivity index (χ4n) is 5.27. The number of ketones is 1. The molecule has 3 aromatic carbocycles. The molecule has 1 N–H and O–H groups in total. The second kappa shape index (κ2) is 14.1. The molecular weight excluding hydrogens is 713 g/mol. The Hall–Kier alpha value is -3.08. The number of aromatic nitrogens is 2. The molecule has 0 spiro atoms. The normalized spacial score (nSPS) is 12.7. The summed E-state index contributed by atoms with van der Waals surface area (Å²) in [5, 5.41) is 13.3. The van der Waals surface area contributed by atoms with Crippen LogP contribution in [0, 0.1) is 22.8 Å². The zero-order valence-corrected chi connectivity index (χ0v) is 29.2. The SMILES string of the molecule is CC(C)Cc1cc2c3c(ncnc3c1)-c1[c-]c3ccccc3cc1O2.CCC(C)(CC)C(=O)/C=C(\O)C(C)(CC)CC.[Ir]. The van der Waals surface area contributed by atoms with Crippen LogP contribution in [0.5, 0.6) is 11.5 Å². The maximum Gasteiger partial charge on any atom is 0.164 e. The molecule has 4 aromatic rings. The van der Waals surface area contributed by atoms with Gasteiger partial charge in [-0.3, -0.25) is 9.78 Å². The van der Waals surface area contributed by atoms with E-state index in [9.17, 15) is 9.90 Å². The van der Waals surface area contributed by atoms with E-state index in [0.717, 1.165) is 76.5 Å². The van der Waals surface area contributed by atoms with E-state index < -0.39 is 0 Å². The number of rotatable bonds is 9. The molecule has 1 aliphatic heterocycles. The molecule has 0 fully saturated rings. The number of benzene rings is 3. The maximum atomic E-state index is 12.2. The first kappa shape index (κ1) is 34.4. The van der Waals surface area contributed by atoms with Crippen molar-refractivity contribution in [3.8, 4) is 22.8 Å². The summed E-state index contributed by atoms with van der Waals surface area (Å²) >= 11 is 0. The average Bonchev–Trinajstić information content (AvgIpc) is 2.99. The van der Waals surface area contributed by atoms with Gasteiger partial charge in [-0.15, -0.1) is 17.5 Å². The molecule has 1 aliphatic rings. The Morgan fingerprint density at radius 2 is 1.60 bits per heavy atom. The molecule has 0 saturated heterocycles. The summed E-state index contributed by atoms with van der Waals surface area (Å²) in [5.74, 6) is 2.53. The number of ether oxygens (including phenoxy) is 1. The number of allylic oxidation sites excluding steroid dienone is 2. The van der Waals surface area contributed by atoms with Crippen LogP contribution < -0.4 is 4.74 Å². The quantitative estimate of drug-likeness (QED) is 0.0921. The smallest absolute Gasteiger partial charge is 0.164 e. The van der Waals surface area contributed by atoms with E-state index in [0.29, 0.717) is 5.92 Å². The summed E-state index contributed by atoms with van der Waals surface area (Å²) in [5.41, 5.74) is 3.40. The molecule has 1 aromatic heterocycles. The Kier molecular flexibility index (Phi) is 11.3. The molecule has 43 heavy (non-hydrogen) atoms. The number of fused-ring (bicyclic) bond motifs is 3. The van der Waals surface area contributed by atoms with Gasteiger partial charge in [0.2, 0.25) is 0 Å². The maximum absolute atomic E-state index is 12.2. The first-order chi connectivity index (χ1) is 20.0. The van der Waals surface area contributed by atoms with Crippen molar-refractivity contribution < 1.29 is 34.7 Å². The van der Waals surface area contributed by atoms with Gasteiger partial charge >= 0.3 is 0 Å². The Morgan fingerprint density at radius 3 is 2.23 bits per heavy atom. The summed E-state index contributed by atoms with van der Waals surface area (Å²) in [6, 6.07) is 18.0. The van der Waals surface area contributed by atoms with Gasteiger partial charge in [0.15, 0.2) is 5.78 Å². The van der Waals surface area contributed by atoms with Crippen molar-refractivity contribution in [2.45, 2.75) is 87.5 Å². The first-order valence-electron chi connectivity index (χ1n) is 15.3. The zero-order chi connectivity index (χ0) is 30.7. The molecule has 231 valence electrons. The van der Waals surface area contributed by atoms with Gasteiger partial charge in [0.05, 0.1) is 11.3 Å². The van der Waals surface area contributed by atoms with Crippen LogP contribution in [0.4, 0.5) is 0 Å². The molecule has 0 bridgehead atoms. The number of aliphatic hydroxyl groups is 1. The number of carbonyl (C=O) groups is 1. The molecule has 2 heterocycles. The molecular formula is C37H45IrN2O3-. The summed E-state index contributed by atoms with van der Waals surface area (Å²) in [4.78, 5) is 21.2. The van der Waals surface area contributed by atoms with Gasteiger partial charge in [0, 0.05) is 48.1 Å². The van der Waals surface area contributed by atoms with Crippen LogP contribution >= 0.6 is 0 Å². The minimum absolute atomic E-state index is 0. The van der Waals surface area contributed by atoms with Crippen LogP contribution in [-0.2, 0) is 31.3 Å². The largest absolute Gasteiger partial charge is 0.512 e. The van der Waals surface area contributed by atoms with Crippen molar-refractivity contribution >= 4 is 27.5 Å². The molecule has 0 saturated carbocycles. The Bertz CT molecular complexity index is 1620. The Labute approximate surface area is 270 Å². The van der Waals surface area contributed by atoms with Crippen LogP contribution in [0.3, 0.4) is 0 Å². The minimum Gasteiger partial charge on any atom is -0.512 e. The van der Waals surface area contributed by atoms with Crippen LogP contribution in [0.25, 0.3) is 32.9 Å². The van der Waals surface area contributed by atoms with Crippen molar-refractivity contribution in [2.75, 3.05) is 0 Å². The Morgan fingerprint density at radius 1 is 0.953 bits per heavy atom. The summed E-state index contributed by atoms with van der Waals surface area (Å²) < 4.78 is 6.27. The van der Waals surface area contributed by atoms with E-state index in [1.54, 1.807) is 6.33 Å². The monoisotopic (exact) mass is 758 g/mol. The van der Waals surface area contributed by atoms with Gasteiger partial charge < -0.3 is 9.84 Å². The van der Waals surface area contributed by atoms with E-state index in [-0.39, 0.29) is 42.5 Å². The van der Waals surface area contributed by atoms with Crippen LogP contribution in [0.15, 0.2) is 60.6 Å². The van der Waals surface area contributed by atoms with Gasteiger partial charge in [-0.2, -0.15) is 0 Å². The molecule has 0 unspecified atom stereocenters. The molecule has 0 amide bonds. The number of aliphatic hydroxyl groups excluding tert-OH is 1. The summed E-state index contributed by atoms with van der Waals surface area (Å²) in [6.45, 7) is 16.5. The predicted molar refractivity (Wildman–Crippen MR) is 173 cm³/mol. The third kappa shape index (κ3) is 7.19. The number of hydrogen-bond acceptors (Lipinski definition) is 5. The van der Waals surface area contributed by atoms with Gasteiger partial charge in [-0.25, -0.2) is 4.98 Å². The van der Waals surface area contributed by atoms with Crippen molar-refractivity contribution in [2.24, 2.45) is 16.7 Å². The van der Waals surface area contributed by atoms with Gasteiger partial charge in [0.1, 0.15) is 17.8 Å². The third-order valence-electron chi connectivity index (χ3n) is 9.22.